The lowest BCUT2D eigenvalue weighted by Crippen LogP contribution is -2.35. The molecule has 1 N–H and O–H groups in total. The van der Waals surface area contributed by atoms with Crippen molar-refractivity contribution in [2.75, 3.05) is 33.0 Å². The molecular formula is C11H20F3NO2. The lowest BCUT2D eigenvalue weighted by molar-refractivity contribution is -0.173. The van der Waals surface area contributed by atoms with Gasteiger partial charge in [0.15, 0.2) is 0 Å². The highest BCUT2D eigenvalue weighted by molar-refractivity contribution is 4.75. The summed E-state index contributed by atoms with van der Waals surface area (Å²) in [6.07, 6.45) is -2.57. The third-order valence-electron chi connectivity index (χ3n) is 2.87. The Balaban J connectivity index is 1.93. The largest absolute Gasteiger partial charge is 0.411 e. The predicted molar refractivity (Wildman–Crippen MR) is 57.9 cm³/mol. The van der Waals surface area contributed by atoms with E-state index in [2.05, 4.69) is 17.0 Å². The zero-order valence-electron chi connectivity index (χ0n) is 10.1. The molecule has 0 aromatic rings. The Morgan fingerprint density at radius 3 is 2.82 bits per heavy atom. The fourth-order valence-corrected chi connectivity index (χ4v) is 1.81. The van der Waals surface area contributed by atoms with Gasteiger partial charge in [-0.2, -0.15) is 13.2 Å². The van der Waals surface area contributed by atoms with Crippen molar-refractivity contribution in [2.45, 2.75) is 32.0 Å². The van der Waals surface area contributed by atoms with Crippen LogP contribution in [0.15, 0.2) is 0 Å². The molecule has 0 amide bonds. The molecule has 1 aliphatic heterocycles. The van der Waals surface area contributed by atoms with Gasteiger partial charge in [-0.1, -0.05) is 0 Å². The molecule has 102 valence electrons. The van der Waals surface area contributed by atoms with Crippen LogP contribution in [0.2, 0.25) is 0 Å². The number of nitrogens with one attached hydrogen (secondary N) is 1. The van der Waals surface area contributed by atoms with E-state index < -0.39 is 12.8 Å². The maximum absolute atomic E-state index is 11.7. The molecule has 1 fully saturated rings. The third-order valence-corrected chi connectivity index (χ3v) is 2.87. The average Bonchev–Trinajstić information content (AvgIpc) is 2.74. The van der Waals surface area contributed by atoms with Crippen LogP contribution < -0.4 is 5.32 Å². The standard InChI is InChI=1S/C11H20F3NO2/c1-9(10-3-6-16-7-10)15-4-2-5-17-8-11(12,13)14/h9-10,15H,2-8H2,1H3. The van der Waals surface area contributed by atoms with Gasteiger partial charge < -0.3 is 14.8 Å². The zero-order chi connectivity index (χ0) is 12.7. The van der Waals surface area contributed by atoms with Crippen molar-refractivity contribution in [3.63, 3.8) is 0 Å². The summed E-state index contributed by atoms with van der Waals surface area (Å²) in [4.78, 5) is 0. The van der Waals surface area contributed by atoms with Crippen LogP contribution in [-0.2, 0) is 9.47 Å². The smallest absolute Gasteiger partial charge is 0.381 e. The first-order chi connectivity index (χ1) is 7.99. The van der Waals surface area contributed by atoms with Crippen molar-refractivity contribution in [3.8, 4) is 0 Å². The van der Waals surface area contributed by atoms with E-state index in [-0.39, 0.29) is 6.61 Å². The van der Waals surface area contributed by atoms with Crippen LogP contribution in [0, 0.1) is 5.92 Å². The molecule has 2 unspecified atom stereocenters. The van der Waals surface area contributed by atoms with E-state index in [0.717, 1.165) is 19.6 Å². The molecule has 0 aromatic carbocycles. The van der Waals surface area contributed by atoms with Gasteiger partial charge in [0.25, 0.3) is 0 Å². The zero-order valence-corrected chi connectivity index (χ0v) is 10.1. The van der Waals surface area contributed by atoms with E-state index in [1.165, 1.54) is 0 Å². The maximum atomic E-state index is 11.7. The highest BCUT2D eigenvalue weighted by atomic mass is 19.4. The normalized spacial score (nSPS) is 22.9. The summed E-state index contributed by atoms with van der Waals surface area (Å²) in [5, 5.41) is 3.28. The van der Waals surface area contributed by atoms with Gasteiger partial charge in [0.2, 0.25) is 0 Å². The molecule has 17 heavy (non-hydrogen) atoms. The van der Waals surface area contributed by atoms with E-state index >= 15 is 0 Å². The van der Waals surface area contributed by atoms with Gasteiger partial charge in [0.05, 0.1) is 6.61 Å². The minimum absolute atomic E-state index is 0.139. The summed E-state index contributed by atoms with van der Waals surface area (Å²) in [6.45, 7) is 3.33. The first-order valence-corrected chi connectivity index (χ1v) is 5.94. The molecule has 1 rings (SSSR count). The quantitative estimate of drug-likeness (QED) is 0.705. The first-order valence-electron chi connectivity index (χ1n) is 5.94. The SMILES string of the molecule is CC(NCCCOCC(F)(F)F)C1CCOC1. The van der Waals surface area contributed by atoms with Crippen molar-refractivity contribution < 1.29 is 22.6 Å². The minimum Gasteiger partial charge on any atom is -0.381 e. The molecule has 0 aliphatic carbocycles. The first kappa shape index (κ1) is 14.7. The molecule has 0 saturated carbocycles. The third kappa shape index (κ3) is 6.85. The van der Waals surface area contributed by atoms with Crippen LogP contribution in [0.3, 0.4) is 0 Å². The second-order valence-corrected chi connectivity index (χ2v) is 4.39. The molecule has 3 nitrogen and oxygen atoms in total. The van der Waals surface area contributed by atoms with Crippen LogP contribution >= 0.6 is 0 Å². The second kappa shape index (κ2) is 7.18. The van der Waals surface area contributed by atoms with Crippen LogP contribution in [0.4, 0.5) is 13.2 Å². The molecular weight excluding hydrogens is 235 g/mol. The summed E-state index contributed by atoms with van der Waals surface area (Å²) in [5.41, 5.74) is 0. The van der Waals surface area contributed by atoms with Crippen molar-refractivity contribution in [3.05, 3.63) is 0 Å². The topological polar surface area (TPSA) is 30.5 Å². The molecule has 1 heterocycles. The predicted octanol–water partition coefficient (Wildman–Crippen LogP) is 1.97. The van der Waals surface area contributed by atoms with Gasteiger partial charge in [-0.25, -0.2) is 0 Å². The maximum Gasteiger partial charge on any atom is 0.411 e. The Labute approximate surface area is 99.7 Å². The Kier molecular flexibility index (Phi) is 6.22. The van der Waals surface area contributed by atoms with Crippen molar-refractivity contribution in [1.82, 2.24) is 5.32 Å². The number of ether oxygens (including phenoxy) is 2. The molecule has 0 spiro atoms. The monoisotopic (exact) mass is 255 g/mol. The molecule has 0 radical (unpaired) electrons. The lowest BCUT2D eigenvalue weighted by Gasteiger charge is -2.19. The Bertz CT molecular complexity index is 205. The number of alkyl halides is 3. The fraction of sp³-hybridized carbons (Fsp3) is 1.00. The number of hydrogen-bond donors (Lipinski definition) is 1. The molecule has 0 bridgehead atoms. The molecule has 1 aliphatic rings. The second-order valence-electron chi connectivity index (χ2n) is 4.39. The van der Waals surface area contributed by atoms with Gasteiger partial charge in [0.1, 0.15) is 6.61 Å². The van der Waals surface area contributed by atoms with Gasteiger partial charge >= 0.3 is 6.18 Å². The minimum atomic E-state index is -4.22. The van der Waals surface area contributed by atoms with E-state index in [1.54, 1.807) is 0 Å². The number of hydrogen-bond acceptors (Lipinski definition) is 3. The van der Waals surface area contributed by atoms with E-state index in [4.69, 9.17) is 4.74 Å². The molecule has 1 saturated heterocycles. The highest BCUT2D eigenvalue weighted by Gasteiger charge is 2.27. The summed E-state index contributed by atoms with van der Waals surface area (Å²) < 4.78 is 45.0. The summed E-state index contributed by atoms with van der Waals surface area (Å²) in [5.74, 6) is 0.520. The van der Waals surface area contributed by atoms with Crippen molar-refractivity contribution in [1.29, 1.82) is 0 Å². The number of rotatable bonds is 7. The van der Waals surface area contributed by atoms with Gasteiger partial charge in [-0.15, -0.1) is 0 Å². The van der Waals surface area contributed by atoms with Gasteiger partial charge in [-0.3, -0.25) is 0 Å². The van der Waals surface area contributed by atoms with Crippen LogP contribution in [-0.4, -0.2) is 45.2 Å². The average molecular weight is 255 g/mol. The summed E-state index contributed by atoms with van der Waals surface area (Å²) in [6, 6.07) is 0.347. The van der Waals surface area contributed by atoms with E-state index in [1.807, 2.05) is 0 Å². The Morgan fingerprint density at radius 1 is 1.47 bits per heavy atom. The molecule has 2 atom stereocenters. The van der Waals surface area contributed by atoms with Gasteiger partial charge in [-0.05, 0) is 32.2 Å². The van der Waals surface area contributed by atoms with Crippen LogP contribution in [0.25, 0.3) is 0 Å². The van der Waals surface area contributed by atoms with Crippen molar-refractivity contribution >= 4 is 0 Å². The molecule has 6 heteroatoms. The fourth-order valence-electron chi connectivity index (χ4n) is 1.81. The van der Waals surface area contributed by atoms with Crippen LogP contribution in [0.5, 0.6) is 0 Å². The van der Waals surface area contributed by atoms with E-state index in [0.29, 0.717) is 24.9 Å². The van der Waals surface area contributed by atoms with E-state index in [9.17, 15) is 13.2 Å². The highest BCUT2D eigenvalue weighted by Crippen LogP contribution is 2.16. The van der Waals surface area contributed by atoms with Crippen LogP contribution in [0.1, 0.15) is 19.8 Å². The number of halogens is 3. The van der Waals surface area contributed by atoms with Crippen molar-refractivity contribution in [2.24, 2.45) is 5.92 Å². The summed E-state index contributed by atoms with van der Waals surface area (Å²) >= 11 is 0. The Hall–Kier alpha value is -0.330. The lowest BCUT2D eigenvalue weighted by atomic mass is 10.0. The molecule has 0 aromatic heterocycles. The Morgan fingerprint density at radius 2 is 2.24 bits per heavy atom. The summed E-state index contributed by atoms with van der Waals surface area (Å²) in [7, 11) is 0. The van der Waals surface area contributed by atoms with Gasteiger partial charge in [0, 0.05) is 19.3 Å².